The first-order chi connectivity index (χ1) is 8.88. The van der Waals surface area contributed by atoms with Gasteiger partial charge in [-0.05, 0) is 24.3 Å². The van der Waals surface area contributed by atoms with Gasteiger partial charge < -0.3 is 15.2 Å². The van der Waals surface area contributed by atoms with Crippen LogP contribution in [-0.4, -0.2) is 12.8 Å². The zero-order chi connectivity index (χ0) is 12.6. The second kappa shape index (κ2) is 6.42. The van der Waals surface area contributed by atoms with Crippen LogP contribution >= 0.6 is 0 Å². The molecular weight excluding hydrogens is 228 g/mol. The smallest absolute Gasteiger partial charge is 0.396 e. The summed E-state index contributed by atoms with van der Waals surface area (Å²) >= 11 is 0. The van der Waals surface area contributed by atoms with E-state index >= 15 is 0 Å². The molecular formula is C14H14N2O2. The van der Waals surface area contributed by atoms with E-state index in [9.17, 15) is 0 Å². The number of hydrogen-bond donors (Lipinski definition) is 1. The number of benzene rings is 2. The molecule has 4 nitrogen and oxygen atoms in total. The molecule has 0 amide bonds. The maximum Gasteiger partial charge on any atom is 0.396 e. The van der Waals surface area contributed by atoms with Crippen LogP contribution in [0.15, 0.2) is 65.7 Å². The van der Waals surface area contributed by atoms with Crippen LogP contribution in [0.2, 0.25) is 0 Å². The van der Waals surface area contributed by atoms with E-state index in [0.717, 1.165) is 0 Å². The molecule has 0 aliphatic rings. The van der Waals surface area contributed by atoms with Crippen molar-refractivity contribution in [1.82, 2.24) is 0 Å². The van der Waals surface area contributed by atoms with Gasteiger partial charge in [0.25, 0.3) is 0 Å². The van der Waals surface area contributed by atoms with Crippen LogP contribution in [-0.2, 0) is 0 Å². The summed E-state index contributed by atoms with van der Waals surface area (Å²) in [6.07, 6.45) is 0.134. The lowest BCUT2D eigenvalue weighted by Crippen LogP contribution is -2.18. The van der Waals surface area contributed by atoms with Crippen LogP contribution in [0.1, 0.15) is 0 Å². The fraction of sp³-hybridized carbons (Fsp3) is 0.0714. The highest BCUT2D eigenvalue weighted by atomic mass is 16.7. The normalized spacial score (nSPS) is 9.61. The average molecular weight is 242 g/mol. The molecule has 0 heterocycles. The highest BCUT2D eigenvalue weighted by Gasteiger charge is 2.05. The zero-order valence-corrected chi connectivity index (χ0v) is 9.82. The first-order valence-corrected chi connectivity index (χ1v) is 5.59. The summed E-state index contributed by atoms with van der Waals surface area (Å²) in [7, 11) is 0. The molecule has 0 aromatic heterocycles. The lowest BCUT2D eigenvalue weighted by molar-refractivity contribution is 0.382. The monoisotopic (exact) mass is 242 g/mol. The quantitative estimate of drug-likeness (QED) is 0.664. The summed E-state index contributed by atoms with van der Waals surface area (Å²) in [5, 5.41) is 0. The number of nitrogens with zero attached hydrogens (tertiary/aromatic N) is 1. The molecule has 0 spiro atoms. The summed E-state index contributed by atoms with van der Waals surface area (Å²) in [5.41, 5.74) is 5.39. The predicted octanol–water partition coefficient (Wildman–Crippen LogP) is 2.42. The molecule has 0 saturated carbocycles. The molecule has 2 aromatic rings. The number of hydrogen-bond acceptors (Lipinski definition) is 4. The van der Waals surface area contributed by atoms with Crippen LogP contribution in [0, 0.1) is 0 Å². The second-order valence-corrected chi connectivity index (χ2v) is 3.44. The van der Waals surface area contributed by atoms with Crippen molar-refractivity contribution >= 4 is 6.08 Å². The molecule has 0 atom stereocenters. The molecule has 0 radical (unpaired) electrons. The Kier molecular flexibility index (Phi) is 4.33. The Morgan fingerprint density at radius 3 is 1.67 bits per heavy atom. The first-order valence-electron chi connectivity index (χ1n) is 5.59. The van der Waals surface area contributed by atoms with Gasteiger partial charge in [-0.25, -0.2) is 4.99 Å². The van der Waals surface area contributed by atoms with Gasteiger partial charge in [0.2, 0.25) is 0 Å². The van der Waals surface area contributed by atoms with Gasteiger partial charge in [-0.3, -0.25) is 0 Å². The van der Waals surface area contributed by atoms with Crippen LogP contribution < -0.4 is 15.2 Å². The fourth-order valence-electron chi connectivity index (χ4n) is 1.34. The molecule has 0 aliphatic heterocycles. The van der Waals surface area contributed by atoms with Crippen molar-refractivity contribution in [1.29, 1.82) is 0 Å². The zero-order valence-electron chi connectivity index (χ0n) is 9.82. The maximum atomic E-state index is 5.51. The average Bonchev–Trinajstić information content (AvgIpc) is 2.41. The minimum Gasteiger partial charge on any atom is -0.411 e. The van der Waals surface area contributed by atoms with Crippen molar-refractivity contribution in [2.45, 2.75) is 0 Å². The number of rotatable bonds is 3. The topological polar surface area (TPSA) is 56.8 Å². The van der Waals surface area contributed by atoms with Gasteiger partial charge in [0.05, 0.1) is 6.67 Å². The van der Waals surface area contributed by atoms with Crippen LogP contribution in [0.3, 0.4) is 0 Å². The molecule has 0 saturated heterocycles. The minimum atomic E-state index is 0.106. The molecule has 0 aliphatic carbocycles. The second-order valence-electron chi connectivity index (χ2n) is 3.44. The molecule has 92 valence electrons. The van der Waals surface area contributed by atoms with Crippen molar-refractivity contribution < 1.29 is 9.47 Å². The third kappa shape index (κ3) is 3.61. The summed E-state index contributed by atoms with van der Waals surface area (Å²) < 4.78 is 11.0. The van der Waals surface area contributed by atoms with Gasteiger partial charge in [0, 0.05) is 0 Å². The Balaban J connectivity index is 2.08. The number of nitrogens with two attached hydrogens (primary N) is 1. The fourth-order valence-corrected chi connectivity index (χ4v) is 1.34. The lowest BCUT2D eigenvalue weighted by atomic mass is 10.3. The van der Waals surface area contributed by atoms with Gasteiger partial charge in [0.15, 0.2) is 0 Å². The molecule has 4 heteroatoms. The van der Waals surface area contributed by atoms with Crippen molar-refractivity contribution in [3.05, 3.63) is 60.7 Å². The largest absolute Gasteiger partial charge is 0.411 e. The van der Waals surface area contributed by atoms with Gasteiger partial charge in [0.1, 0.15) is 11.5 Å². The van der Waals surface area contributed by atoms with Crippen LogP contribution in [0.5, 0.6) is 11.5 Å². The molecule has 18 heavy (non-hydrogen) atoms. The summed E-state index contributed by atoms with van der Waals surface area (Å²) in [4.78, 5) is 3.96. The van der Waals surface area contributed by atoms with E-state index in [2.05, 4.69) is 4.99 Å². The molecule has 2 aromatic carbocycles. The minimum absolute atomic E-state index is 0.106. The predicted molar refractivity (Wildman–Crippen MR) is 70.6 cm³/mol. The SMILES string of the molecule is NCN=C(Oc1ccccc1)Oc1ccccc1. The Morgan fingerprint density at radius 1 is 0.833 bits per heavy atom. The van der Waals surface area contributed by atoms with Crippen molar-refractivity contribution in [2.75, 3.05) is 6.67 Å². The lowest BCUT2D eigenvalue weighted by Gasteiger charge is -2.09. The van der Waals surface area contributed by atoms with E-state index in [1.807, 2.05) is 60.7 Å². The van der Waals surface area contributed by atoms with Gasteiger partial charge >= 0.3 is 6.08 Å². The summed E-state index contributed by atoms with van der Waals surface area (Å²) in [6, 6.07) is 18.6. The maximum absolute atomic E-state index is 5.51. The van der Waals surface area contributed by atoms with E-state index in [1.54, 1.807) is 0 Å². The number of para-hydroxylation sites is 2. The van der Waals surface area contributed by atoms with Gasteiger partial charge in [-0.1, -0.05) is 36.4 Å². The highest BCUT2D eigenvalue weighted by Crippen LogP contribution is 2.13. The summed E-state index contributed by atoms with van der Waals surface area (Å²) in [5.74, 6) is 1.31. The Labute approximate surface area is 106 Å². The first kappa shape index (κ1) is 12.1. The molecule has 0 unspecified atom stereocenters. The van der Waals surface area contributed by atoms with Gasteiger partial charge in [-0.15, -0.1) is 0 Å². The van der Waals surface area contributed by atoms with E-state index in [4.69, 9.17) is 15.2 Å². The molecule has 2 rings (SSSR count). The Bertz CT molecular complexity index is 454. The van der Waals surface area contributed by atoms with E-state index in [-0.39, 0.29) is 12.8 Å². The van der Waals surface area contributed by atoms with Crippen LogP contribution in [0.4, 0.5) is 0 Å². The molecule has 0 fully saturated rings. The Morgan fingerprint density at radius 2 is 1.28 bits per heavy atom. The van der Waals surface area contributed by atoms with Gasteiger partial charge in [-0.2, -0.15) is 0 Å². The number of aliphatic imine (C=N–C) groups is 1. The van der Waals surface area contributed by atoms with Crippen molar-refractivity contribution in [2.24, 2.45) is 10.7 Å². The van der Waals surface area contributed by atoms with E-state index in [0.29, 0.717) is 11.5 Å². The van der Waals surface area contributed by atoms with Crippen molar-refractivity contribution in [3.8, 4) is 11.5 Å². The molecule has 0 bridgehead atoms. The third-order valence-electron chi connectivity index (χ3n) is 2.12. The molecule has 2 N–H and O–H groups in total. The Hall–Kier alpha value is -2.33. The third-order valence-corrected chi connectivity index (χ3v) is 2.12. The standard InChI is InChI=1S/C14H14N2O2/c15-11-16-14(17-12-7-3-1-4-8-12)18-13-9-5-2-6-10-13/h1-10H,11,15H2. The van der Waals surface area contributed by atoms with E-state index < -0.39 is 0 Å². The van der Waals surface area contributed by atoms with E-state index in [1.165, 1.54) is 0 Å². The highest BCUT2D eigenvalue weighted by molar-refractivity contribution is 5.72. The number of ether oxygens (including phenoxy) is 2. The van der Waals surface area contributed by atoms with Crippen LogP contribution in [0.25, 0.3) is 0 Å². The van der Waals surface area contributed by atoms with Crippen molar-refractivity contribution in [3.63, 3.8) is 0 Å². The summed E-state index contributed by atoms with van der Waals surface area (Å²) in [6.45, 7) is 0.106.